The molecule has 0 atom stereocenters. The number of hydrogen-bond acceptors (Lipinski definition) is 6. The van der Waals surface area contributed by atoms with Gasteiger partial charge in [0.2, 0.25) is 5.69 Å². The maximum Gasteiger partial charge on any atom is 0.213 e. The van der Waals surface area contributed by atoms with Gasteiger partial charge in [0.15, 0.2) is 17.5 Å². The zero-order chi connectivity index (χ0) is 68.3. The molecule has 0 saturated heterocycles. The first-order chi connectivity index (χ1) is 51.5. The number of thiophene rings is 3. The fourth-order valence-corrected chi connectivity index (χ4v) is 20.3. The lowest BCUT2D eigenvalue weighted by atomic mass is 10.0. The minimum absolute atomic E-state index is 0.418. The largest absolute Gasteiger partial charge is 0.317 e. The summed E-state index contributed by atoms with van der Waals surface area (Å²) in [5, 5.41) is 13.9. The molecular weight excluding hydrogens is 1320 g/mol. The summed E-state index contributed by atoms with van der Waals surface area (Å²) in [5.74, 6) is 1.45. The van der Waals surface area contributed by atoms with Crippen molar-refractivity contribution < 1.29 is 0 Å². The Morgan fingerprint density at radius 1 is 0.240 bits per heavy atom. The van der Waals surface area contributed by atoms with Crippen molar-refractivity contribution >= 4 is 166 Å². The number of rotatable bonds is 9. The molecule has 7 heterocycles. The highest BCUT2D eigenvalue weighted by atomic mass is 32.1. The van der Waals surface area contributed by atoms with Crippen LogP contribution < -0.4 is 0 Å². The van der Waals surface area contributed by atoms with Gasteiger partial charge in [-0.25, -0.2) is 19.8 Å². The zero-order valence-corrected chi connectivity index (χ0v) is 57.9. The van der Waals surface area contributed by atoms with Crippen LogP contribution >= 0.6 is 34.0 Å². The van der Waals surface area contributed by atoms with Gasteiger partial charge in [0.1, 0.15) is 0 Å². The van der Waals surface area contributed by atoms with Crippen molar-refractivity contribution in [2.24, 2.45) is 0 Å². The van der Waals surface area contributed by atoms with Gasteiger partial charge in [-0.3, -0.25) is 0 Å². The van der Waals surface area contributed by atoms with Gasteiger partial charge in [-0.1, -0.05) is 243 Å². The van der Waals surface area contributed by atoms with E-state index in [2.05, 4.69) is 299 Å². The van der Waals surface area contributed by atoms with Crippen LogP contribution in [0, 0.1) is 6.57 Å². The van der Waals surface area contributed by atoms with E-state index in [9.17, 15) is 6.57 Å². The third-order valence-corrected chi connectivity index (χ3v) is 24.7. The molecule has 104 heavy (non-hydrogen) atoms. The van der Waals surface area contributed by atoms with Crippen molar-refractivity contribution in [1.82, 2.24) is 28.7 Å². The summed E-state index contributed by atoms with van der Waals surface area (Å²) in [6, 6.07) is 116. The molecule has 0 radical (unpaired) electrons. The van der Waals surface area contributed by atoms with Crippen molar-refractivity contribution in [3.05, 3.63) is 333 Å². The van der Waals surface area contributed by atoms with Gasteiger partial charge < -0.3 is 13.7 Å². The standard InChI is InChI=1S/C94H53N7S3/c1-95-73-54-72(94-97-92(58-29-13-5-14-30-58)96-93(98-94)59-31-15-6-16-32-59)86(99-74-45-39-60(55-23-7-2-8-24-55)51-69(74)83-77(99)48-42-66-63-33-17-20-36-80(63)102-89(66)83)88(101-76-47-41-62(57-27-11-4-12-28-57)53-71(76)85-79(101)50-44-68-65-35-19-22-38-82(65)104-91(68)85)87(73)100-75-46-40-61(56-25-9-3-10-26-56)52-70(75)84-78(100)49-43-67-64-34-18-21-37-81(64)103-90(67)84/h2-54H. The molecule has 15 aromatic carbocycles. The average molecular weight is 1380 g/mol. The average Bonchev–Trinajstić information content (AvgIpc) is 1.50. The van der Waals surface area contributed by atoms with Gasteiger partial charge in [0, 0.05) is 110 Å². The molecule has 0 unspecified atom stereocenters. The molecule has 0 amide bonds. The van der Waals surface area contributed by atoms with Crippen LogP contribution in [0.15, 0.2) is 322 Å². The highest BCUT2D eigenvalue weighted by molar-refractivity contribution is 7.27. The summed E-state index contributed by atoms with van der Waals surface area (Å²) in [5.41, 5.74) is 17.6. The number of benzene rings is 15. The van der Waals surface area contributed by atoms with Gasteiger partial charge >= 0.3 is 0 Å². The predicted molar refractivity (Wildman–Crippen MR) is 440 cm³/mol. The van der Waals surface area contributed by atoms with Gasteiger partial charge in [0.25, 0.3) is 0 Å². The van der Waals surface area contributed by atoms with Crippen molar-refractivity contribution in [2.45, 2.75) is 0 Å². The number of nitrogens with zero attached hydrogens (tertiary/aromatic N) is 7. The number of hydrogen-bond donors (Lipinski definition) is 0. The first-order valence-corrected chi connectivity index (χ1v) is 37.3. The van der Waals surface area contributed by atoms with Crippen LogP contribution in [0.5, 0.6) is 0 Å². The lowest BCUT2D eigenvalue weighted by Crippen LogP contribution is -2.12. The van der Waals surface area contributed by atoms with E-state index >= 15 is 0 Å². The second-order valence-electron chi connectivity index (χ2n) is 26.7. The third kappa shape index (κ3) is 8.76. The summed E-state index contributed by atoms with van der Waals surface area (Å²) >= 11 is 5.52. The third-order valence-electron chi connectivity index (χ3n) is 21.1. The maximum absolute atomic E-state index is 10.1. The van der Waals surface area contributed by atoms with Crippen LogP contribution in [-0.2, 0) is 0 Å². The molecule has 22 aromatic rings. The molecular formula is C94H53N7S3. The van der Waals surface area contributed by atoms with E-state index in [1.165, 1.54) is 60.5 Å². The number of fused-ring (bicyclic) bond motifs is 21. The van der Waals surface area contributed by atoms with Crippen LogP contribution in [0.2, 0.25) is 0 Å². The molecule has 0 N–H and O–H groups in total. The van der Waals surface area contributed by atoms with Crippen molar-refractivity contribution in [1.29, 1.82) is 0 Å². The van der Waals surface area contributed by atoms with Crippen molar-refractivity contribution in [2.75, 3.05) is 0 Å². The minimum atomic E-state index is 0.418. The molecule has 10 heteroatoms. The lowest BCUT2D eigenvalue weighted by molar-refractivity contribution is 1.04. The molecule has 22 rings (SSSR count). The van der Waals surface area contributed by atoms with Crippen LogP contribution in [0.25, 0.3) is 215 Å². The van der Waals surface area contributed by atoms with Crippen molar-refractivity contribution in [3.8, 4) is 84.6 Å². The molecule has 482 valence electrons. The monoisotopic (exact) mass is 1380 g/mol. The molecule has 0 spiro atoms. The maximum atomic E-state index is 10.1. The smallest absolute Gasteiger partial charge is 0.213 e. The molecule has 0 aliphatic carbocycles. The van der Waals surface area contributed by atoms with Gasteiger partial charge in [0.05, 0.1) is 56.7 Å². The Kier molecular flexibility index (Phi) is 12.9. The van der Waals surface area contributed by atoms with Crippen LogP contribution in [0.3, 0.4) is 0 Å². The predicted octanol–water partition coefficient (Wildman–Crippen LogP) is 26.8. The summed E-state index contributed by atoms with van der Waals surface area (Å²) < 4.78 is 14.7. The highest BCUT2D eigenvalue weighted by Gasteiger charge is 2.34. The lowest BCUT2D eigenvalue weighted by Gasteiger charge is -2.26. The Balaban J connectivity index is 1.00. The summed E-state index contributed by atoms with van der Waals surface area (Å²) in [7, 11) is 0. The topological polar surface area (TPSA) is 57.8 Å². The SMILES string of the molecule is [C-]#[N+]c1cc(-c2nc(-c3ccccc3)nc(-c3ccccc3)n2)c(-n2c3ccc(-c4ccccc4)cc3c3c4sc5ccccc5c4ccc32)c(-n2c3ccc(-c4ccccc4)cc3c3c4sc5ccccc5c4ccc32)c1-n1c2ccc(-c3ccccc3)cc2c2c3sc4ccccc4c3ccc21. The van der Waals surface area contributed by atoms with Gasteiger partial charge in [-0.2, -0.15) is 0 Å². The molecule has 0 aliphatic rings. The Bertz CT molecular complexity index is 7340. The van der Waals surface area contributed by atoms with Gasteiger partial charge in [-0.05, 0) is 112 Å². The van der Waals surface area contributed by atoms with E-state index in [1.54, 1.807) is 0 Å². The van der Waals surface area contributed by atoms with E-state index in [0.717, 1.165) is 121 Å². The number of aromatic nitrogens is 6. The van der Waals surface area contributed by atoms with Crippen LogP contribution in [0.1, 0.15) is 0 Å². The molecule has 0 bridgehead atoms. The van der Waals surface area contributed by atoms with Crippen molar-refractivity contribution in [3.63, 3.8) is 0 Å². The first kappa shape index (κ1) is 58.6. The quantitative estimate of drug-likeness (QED) is 0.135. The Hall–Kier alpha value is -13.1. The first-order valence-electron chi connectivity index (χ1n) is 34.8. The molecule has 0 fully saturated rings. The Morgan fingerprint density at radius 3 is 0.913 bits per heavy atom. The minimum Gasteiger partial charge on any atom is -0.317 e. The summed E-state index contributed by atoms with van der Waals surface area (Å²) in [6.45, 7) is 10.1. The normalized spacial score (nSPS) is 12.0. The summed E-state index contributed by atoms with van der Waals surface area (Å²) in [6.07, 6.45) is 0. The van der Waals surface area contributed by atoms with Gasteiger partial charge in [-0.15, -0.1) is 34.0 Å². The van der Waals surface area contributed by atoms with Crippen LogP contribution in [0.4, 0.5) is 5.69 Å². The van der Waals surface area contributed by atoms with E-state index in [1.807, 2.05) is 70.4 Å². The molecule has 0 aliphatic heterocycles. The zero-order valence-electron chi connectivity index (χ0n) is 55.5. The van der Waals surface area contributed by atoms with E-state index < -0.39 is 0 Å². The Labute approximate surface area is 607 Å². The van der Waals surface area contributed by atoms with E-state index in [0.29, 0.717) is 34.4 Å². The second kappa shape index (κ2) is 22.9. The summed E-state index contributed by atoms with van der Waals surface area (Å²) in [4.78, 5) is 21.7. The van der Waals surface area contributed by atoms with E-state index in [4.69, 9.17) is 19.8 Å². The molecule has 7 aromatic heterocycles. The van der Waals surface area contributed by atoms with E-state index in [-0.39, 0.29) is 0 Å². The molecule has 7 nitrogen and oxygen atoms in total. The second-order valence-corrected chi connectivity index (χ2v) is 29.9. The van der Waals surface area contributed by atoms with Crippen LogP contribution in [-0.4, -0.2) is 28.7 Å². The Morgan fingerprint density at radius 2 is 0.548 bits per heavy atom. The highest BCUT2D eigenvalue weighted by Crippen LogP contribution is 2.55. The fraction of sp³-hybridized carbons (Fsp3) is 0. The fourth-order valence-electron chi connectivity index (χ4n) is 16.5. The molecule has 0 saturated carbocycles.